The molecular formula is C14H25N. The standard InChI is InChI=1S/C14H25N/c1-13(2,3)14(10-7-11-15-14)12-8-5-4-6-9-12/h8,15H,4-7,9-11H2,1-3H3. The first-order valence-corrected chi connectivity index (χ1v) is 6.51. The van der Waals surface area contributed by atoms with Crippen LogP contribution in [-0.2, 0) is 0 Å². The van der Waals surface area contributed by atoms with Gasteiger partial charge in [-0.25, -0.2) is 0 Å². The predicted molar refractivity (Wildman–Crippen MR) is 66.0 cm³/mol. The van der Waals surface area contributed by atoms with Crippen LogP contribution in [0.15, 0.2) is 11.6 Å². The average Bonchev–Trinajstić information content (AvgIpc) is 2.68. The van der Waals surface area contributed by atoms with Crippen LogP contribution in [0.25, 0.3) is 0 Å². The quantitative estimate of drug-likeness (QED) is 0.647. The van der Waals surface area contributed by atoms with Crippen LogP contribution in [0.5, 0.6) is 0 Å². The number of allylic oxidation sites excluding steroid dienone is 1. The molecule has 1 nitrogen and oxygen atoms in total. The summed E-state index contributed by atoms with van der Waals surface area (Å²) >= 11 is 0. The zero-order valence-electron chi connectivity index (χ0n) is 10.5. The molecule has 2 rings (SSSR count). The van der Waals surface area contributed by atoms with Gasteiger partial charge in [-0.05, 0) is 50.5 Å². The topological polar surface area (TPSA) is 12.0 Å². The molecule has 0 aromatic carbocycles. The summed E-state index contributed by atoms with van der Waals surface area (Å²) in [6.45, 7) is 8.37. The predicted octanol–water partition coefficient (Wildman–Crippen LogP) is 3.66. The van der Waals surface area contributed by atoms with Crippen LogP contribution in [0.4, 0.5) is 0 Å². The van der Waals surface area contributed by atoms with Crippen molar-refractivity contribution < 1.29 is 0 Å². The maximum Gasteiger partial charge on any atom is 0.0443 e. The normalized spacial score (nSPS) is 32.9. The monoisotopic (exact) mass is 207 g/mol. The Bertz CT molecular complexity index is 251. The highest BCUT2D eigenvalue weighted by Crippen LogP contribution is 2.45. The summed E-state index contributed by atoms with van der Waals surface area (Å²) in [6, 6.07) is 0. The van der Waals surface area contributed by atoms with Gasteiger partial charge >= 0.3 is 0 Å². The summed E-state index contributed by atoms with van der Waals surface area (Å²) in [5.74, 6) is 0. The molecule has 0 radical (unpaired) electrons. The molecule has 0 saturated carbocycles. The molecule has 1 aliphatic heterocycles. The van der Waals surface area contributed by atoms with Crippen molar-refractivity contribution in [1.82, 2.24) is 5.32 Å². The van der Waals surface area contributed by atoms with Crippen LogP contribution < -0.4 is 5.32 Å². The zero-order valence-corrected chi connectivity index (χ0v) is 10.5. The molecule has 86 valence electrons. The number of rotatable bonds is 1. The van der Waals surface area contributed by atoms with Crippen molar-refractivity contribution in [3.05, 3.63) is 11.6 Å². The third kappa shape index (κ3) is 1.87. The lowest BCUT2D eigenvalue weighted by Gasteiger charge is -2.45. The number of hydrogen-bond donors (Lipinski definition) is 1. The van der Waals surface area contributed by atoms with Gasteiger partial charge in [0.1, 0.15) is 0 Å². The van der Waals surface area contributed by atoms with E-state index in [1.807, 2.05) is 0 Å². The van der Waals surface area contributed by atoms with Gasteiger partial charge in [0.25, 0.3) is 0 Å². The molecule has 2 aliphatic rings. The lowest BCUT2D eigenvalue weighted by atomic mass is 9.66. The molecule has 0 spiro atoms. The van der Waals surface area contributed by atoms with Gasteiger partial charge in [0.15, 0.2) is 0 Å². The minimum absolute atomic E-state index is 0.313. The molecule has 1 saturated heterocycles. The van der Waals surface area contributed by atoms with Gasteiger partial charge in [-0.1, -0.05) is 32.4 Å². The van der Waals surface area contributed by atoms with Crippen LogP contribution in [-0.4, -0.2) is 12.1 Å². The van der Waals surface area contributed by atoms with Crippen LogP contribution in [0, 0.1) is 5.41 Å². The molecular weight excluding hydrogens is 182 g/mol. The largest absolute Gasteiger partial charge is 0.307 e. The summed E-state index contributed by atoms with van der Waals surface area (Å²) in [7, 11) is 0. The fourth-order valence-corrected chi connectivity index (χ4v) is 3.37. The molecule has 0 aromatic rings. The fraction of sp³-hybridized carbons (Fsp3) is 0.857. The van der Waals surface area contributed by atoms with Gasteiger partial charge in [-0.3, -0.25) is 0 Å². The van der Waals surface area contributed by atoms with E-state index in [1.54, 1.807) is 5.57 Å². The molecule has 1 heterocycles. The van der Waals surface area contributed by atoms with Crippen molar-refractivity contribution >= 4 is 0 Å². The van der Waals surface area contributed by atoms with E-state index in [9.17, 15) is 0 Å². The summed E-state index contributed by atoms with van der Waals surface area (Å²) < 4.78 is 0. The van der Waals surface area contributed by atoms with Crippen molar-refractivity contribution in [1.29, 1.82) is 0 Å². The SMILES string of the molecule is CC(C)(C)C1(C2=CCCCC2)CCCN1. The van der Waals surface area contributed by atoms with Crippen LogP contribution in [0.3, 0.4) is 0 Å². The zero-order chi connectivity index (χ0) is 10.9. The Labute approximate surface area is 94.3 Å². The second-order valence-corrected chi connectivity index (χ2v) is 6.16. The third-order valence-electron chi connectivity index (χ3n) is 4.27. The maximum atomic E-state index is 3.81. The lowest BCUT2D eigenvalue weighted by Crippen LogP contribution is -2.52. The number of nitrogens with one attached hydrogen (secondary N) is 1. The Kier molecular flexibility index (Phi) is 2.94. The van der Waals surface area contributed by atoms with E-state index in [0.29, 0.717) is 11.0 Å². The first-order chi connectivity index (χ1) is 7.06. The van der Waals surface area contributed by atoms with Gasteiger partial charge in [0.2, 0.25) is 0 Å². The molecule has 1 unspecified atom stereocenters. The Balaban J connectivity index is 2.29. The molecule has 1 aliphatic carbocycles. The minimum Gasteiger partial charge on any atom is -0.307 e. The van der Waals surface area contributed by atoms with Crippen LogP contribution in [0.1, 0.15) is 59.3 Å². The molecule has 1 heteroatoms. The van der Waals surface area contributed by atoms with Crippen molar-refractivity contribution in [3.63, 3.8) is 0 Å². The maximum absolute atomic E-state index is 3.81. The van der Waals surface area contributed by atoms with Crippen molar-refractivity contribution in [2.24, 2.45) is 5.41 Å². The van der Waals surface area contributed by atoms with E-state index in [4.69, 9.17) is 0 Å². The summed E-state index contributed by atoms with van der Waals surface area (Å²) in [5.41, 5.74) is 2.37. The van der Waals surface area contributed by atoms with Crippen LogP contribution >= 0.6 is 0 Å². The summed E-state index contributed by atoms with van der Waals surface area (Å²) in [5, 5.41) is 3.81. The Morgan fingerprint density at radius 3 is 2.47 bits per heavy atom. The first-order valence-electron chi connectivity index (χ1n) is 6.51. The fourth-order valence-electron chi connectivity index (χ4n) is 3.37. The van der Waals surface area contributed by atoms with E-state index in [-0.39, 0.29) is 0 Å². The van der Waals surface area contributed by atoms with Crippen molar-refractivity contribution in [2.75, 3.05) is 6.54 Å². The molecule has 1 fully saturated rings. The third-order valence-corrected chi connectivity index (χ3v) is 4.27. The molecule has 0 bridgehead atoms. The molecule has 1 N–H and O–H groups in total. The van der Waals surface area contributed by atoms with Gasteiger partial charge in [0, 0.05) is 5.54 Å². The number of hydrogen-bond acceptors (Lipinski definition) is 1. The van der Waals surface area contributed by atoms with Crippen molar-refractivity contribution in [3.8, 4) is 0 Å². The Morgan fingerprint density at radius 2 is 2.00 bits per heavy atom. The second-order valence-electron chi connectivity index (χ2n) is 6.16. The molecule has 0 amide bonds. The molecule has 0 aromatic heterocycles. The minimum atomic E-state index is 0.313. The molecule has 1 atom stereocenters. The first kappa shape index (κ1) is 11.2. The van der Waals surface area contributed by atoms with Crippen molar-refractivity contribution in [2.45, 2.75) is 64.8 Å². The highest BCUT2D eigenvalue weighted by molar-refractivity contribution is 5.27. The van der Waals surface area contributed by atoms with E-state index in [0.717, 1.165) is 0 Å². The van der Waals surface area contributed by atoms with E-state index >= 15 is 0 Å². The summed E-state index contributed by atoms with van der Waals surface area (Å²) in [6.07, 6.45) is 10.6. The highest BCUT2D eigenvalue weighted by Gasteiger charge is 2.46. The second kappa shape index (κ2) is 3.93. The average molecular weight is 207 g/mol. The van der Waals surface area contributed by atoms with E-state index in [1.165, 1.54) is 45.1 Å². The van der Waals surface area contributed by atoms with E-state index < -0.39 is 0 Å². The molecule has 15 heavy (non-hydrogen) atoms. The smallest absolute Gasteiger partial charge is 0.0443 e. The van der Waals surface area contributed by atoms with E-state index in [2.05, 4.69) is 32.2 Å². The van der Waals surface area contributed by atoms with Crippen LogP contribution in [0.2, 0.25) is 0 Å². The summed E-state index contributed by atoms with van der Waals surface area (Å²) in [4.78, 5) is 0. The van der Waals surface area contributed by atoms with Gasteiger partial charge in [-0.2, -0.15) is 0 Å². The van der Waals surface area contributed by atoms with Gasteiger partial charge < -0.3 is 5.32 Å². The Hall–Kier alpha value is -0.300. The van der Waals surface area contributed by atoms with Gasteiger partial charge in [0.05, 0.1) is 0 Å². The Morgan fingerprint density at radius 1 is 1.20 bits per heavy atom. The lowest BCUT2D eigenvalue weighted by molar-refractivity contribution is 0.192. The highest BCUT2D eigenvalue weighted by atomic mass is 15.0. The van der Waals surface area contributed by atoms with Gasteiger partial charge in [-0.15, -0.1) is 0 Å².